The lowest BCUT2D eigenvalue weighted by molar-refractivity contribution is 0.205. The number of hydrogen-bond acceptors (Lipinski definition) is 5. The highest BCUT2D eigenvalue weighted by atomic mass is 35.5. The number of halogens is 1. The van der Waals surface area contributed by atoms with Crippen LogP contribution in [0.5, 0.6) is 17.2 Å². The second-order valence-corrected chi connectivity index (χ2v) is 5.53. The topological polar surface area (TPSA) is 62.2 Å². The van der Waals surface area contributed by atoms with Crippen molar-refractivity contribution < 1.29 is 19.7 Å². The summed E-state index contributed by atoms with van der Waals surface area (Å²) in [6.07, 6.45) is 1.78. The van der Waals surface area contributed by atoms with Crippen molar-refractivity contribution in [1.82, 2.24) is 0 Å². The lowest BCUT2D eigenvalue weighted by atomic mass is 10.2. The number of nitrogens with zero attached hydrogens (tertiary/aromatic N) is 1. The first-order valence-corrected chi connectivity index (χ1v) is 7.44. The quantitative estimate of drug-likeness (QED) is 0.837. The minimum Gasteiger partial charge on any atom is -0.504 e. The van der Waals surface area contributed by atoms with Crippen molar-refractivity contribution >= 4 is 23.4 Å². The molecule has 0 bridgehead atoms. The number of hydrogen-bond donors (Lipinski definition) is 2. The predicted molar refractivity (Wildman–Crippen MR) is 89.1 cm³/mol. The molecule has 120 valence electrons. The smallest absolute Gasteiger partial charge is 0.201 e. The highest BCUT2D eigenvalue weighted by Crippen LogP contribution is 2.41. The average molecular weight is 334 g/mol. The molecule has 2 aromatic rings. The largest absolute Gasteiger partial charge is 0.504 e. The van der Waals surface area contributed by atoms with Crippen LogP contribution >= 0.6 is 11.6 Å². The van der Waals surface area contributed by atoms with Crippen LogP contribution in [-0.2, 0) is 4.74 Å². The first-order chi connectivity index (χ1) is 11.1. The molecular formula is C17H16ClNO4. The summed E-state index contributed by atoms with van der Waals surface area (Å²) in [5, 5.41) is 19.6. The normalized spacial score (nSPS) is 14.9. The predicted octanol–water partition coefficient (Wildman–Crippen LogP) is 3.60. The van der Waals surface area contributed by atoms with Crippen molar-refractivity contribution in [1.29, 1.82) is 0 Å². The first-order valence-electron chi connectivity index (χ1n) is 7.06. The average Bonchev–Trinajstić information content (AvgIpc) is 2.85. The number of fused-ring (bicyclic) bond motifs is 1. The molecule has 2 aromatic carbocycles. The molecule has 6 heteroatoms. The van der Waals surface area contributed by atoms with Gasteiger partial charge in [0, 0.05) is 30.8 Å². The van der Waals surface area contributed by atoms with Gasteiger partial charge in [-0.05, 0) is 29.8 Å². The summed E-state index contributed by atoms with van der Waals surface area (Å²) < 4.78 is 11.0. The van der Waals surface area contributed by atoms with E-state index in [1.54, 1.807) is 31.4 Å². The number of phenolic OH excluding ortho intramolecular Hbond substituents is 2. The van der Waals surface area contributed by atoms with Crippen LogP contribution in [0.25, 0.3) is 6.08 Å². The van der Waals surface area contributed by atoms with E-state index in [2.05, 4.69) is 0 Å². The van der Waals surface area contributed by atoms with E-state index in [0.29, 0.717) is 35.4 Å². The summed E-state index contributed by atoms with van der Waals surface area (Å²) in [5.74, 6) is 0.930. The molecule has 23 heavy (non-hydrogen) atoms. The molecule has 1 heterocycles. The Kier molecular flexibility index (Phi) is 4.32. The van der Waals surface area contributed by atoms with Gasteiger partial charge in [-0.2, -0.15) is 0 Å². The van der Waals surface area contributed by atoms with Crippen molar-refractivity contribution in [3.63, 3.8) is 0 Å². The van der Waals surface area contributed by atoms with Crippen LogP contribution in [0.2, 0.25) is 5.02 Å². The molecule has 0 spiro atoms. The van der Waals surface area contributed by atoms with Gasteiger partial charge in [0.1, 0.15) is 0 Å². The summed E-state index contributed by atoms with van der Waals surface area (Å²) in [6.45, 7) is 1.14. The highest BCUT2D eigenvalue weighted by molar-refractivity contribution is 6.30. The van der Waals surface area contributed by atoms with Gasteiger partial charge < -0.3 is 24.6 Å². The van der Waals surface area contributed by atoms with Gasteiger partial charge in [0.05, 0.1) is 12.3 Å². The molecule has 1 aliphatic heterocycles. The summed E-state index contributed by atoms with van der Waals surface area (Å²) in [6, 6.07) is 10.0. The maximum Gasteiger partial charge on any atom is 0.201 e. The van der Waals surface area contributed by atoms with Crippen molar-refractivity contribution in [3.8, 4) is 17.2 Å². The SMILES string of the molecule is COCCN1C(=Cc2ccc(O)c(O)c2)Oc2cc(Cl)ccc21. The van der Waals surface area contributed by atoms with Crippen molar-refractivity contribution in [2.45, 2.75) is 0 Å². The van der Waals surface area contributed by atoms with E-state index < -0.39 is 0 Å². The number of anilines is 1. The van der Waals surface area contributed by atoms with E-state index in [-0.39, 0.29) is 11.5 Å². The molecule has 0 aliphatic carbocycles. The fourth-order valence-corrected chi connectivity index (χ4v) is 2.53. The number of methoxy groups -OCH3 is 1. The van der Waals surface area contributed by atoms with E-state index in [0.717, 1.165) is 5.69 Å². The van der Waals surface area contributed by atoms with E-state index in [1.807, 2.05) is 11.0 Å². The van der Waals surface area contributed by atoms with Gasteiger partial charge >= 0.3 is 0 Å². The van der Waals surface area contributed by atoms with Gasteiger partial charge in [0.25, 0.3) is 0 Å². The fourth-order valence-electron chi connectivity index (χ4n) is 2.37. The van der Waals surface area contributed by atoms with E-state index in [1.165, 1.54) is 12.1 Å². The molecule has 0 radical (unpaired) electrons. The Labute approximate surface area is 138 Å². The number of rotatable bonds is 4. The molecule has 1 aliphatic rings. The van der Waals surface area contributed by atoms with Crippen molar-refractivity contribution in [2.75, 3.05) is 25.2 Å². The zero-order valence-electron chi connectivity index (χ0n) is 12.5. The Morgan fingerprint density at radius 2 is 2.00 bits per heavy atom. The molecule has 0 aromatic heterocycles. The molecular weight excluding hydrogens is 318 g/mol. The third kappa shape index (κ3) is 3.21. The van der Waals surface area contributed by atoms with Gasteiger partial charge in [-0.25, -0.2) is 0 Å². The van der Waals surface area contributed by atoms with E-state index in [9.17, 15) is 10.2 Å². The van der Waals surface area contributed by atoms with Crippen LogP contribution in [0, 0.1) is 0 Å². The summed E-state index contributed by atoms with van der Waals surface area (Å²) in [5.41, 5.74) is 1.61. The first kappa shape index (κ1) is 15.5. The lowest BCUT2D eigenvalue weighted by Gasteiger charge is -2.17. The van der Waals surface area contributed by atoms with Gasteiger partial charge in [-0.1, -0.05) is 17.7 Å². The minimum absolute atomic E-state index is 0.161. The Morgan fingerprint density at radius 3 is 2.74 bits per heavy atom. The van der Waals surface area contributed by atoms with Crippen LogP contribution in [0.1, 0.15) is 5.56 Å². The summed E-state index contributed by atoms with van der Waals surface area (Å²) >= 11 is 6.02. The monoisotopic (exact) mass is 333 g/mol. The molecule has 0 unspecified atom stereocenters. The van der Waals surface area contributed by atoms with Gasteiger partial charge in [-0.3, -0.25) is 0 Å². The van der Waals surface area contributed by atoms with E-state index >= 15 is 0 Å². The molecule has 0 saturated carbocycles. The van der Waals surface area contributed by atoms with Gasteiger partial charge in [0.2, 0.25) is 5.88 Å². The maximum atomic E-state index is 9.62. The Hall–Kier alpha value is -2.37. The highest BCUT2D eigenvalue weighted by Gasteiger charge is 2.26. The molecule has 0 amide bonds. The molecule has 0 saturated heterocycles. The standard InChI is InChI=1S/C17H16ClNO4/c1-22-7-6-19-13-4-3-12(18)10-16(13)23-17(19)9-11-2-5-14(20)15(21)8-11/h2-5,8-10,20-21H,6-7H2,1H3. The Morgan fingerprint density at radius 1 is 1.17 bits per heavy atom. The molecule has 0 fully saturated rings. The van der Waals surface area contributed by atoms with Crippen LogP contribution in [0.4, 0.5) is 5.69 Å². The lowest BCUT2D eigenvalue weighted by Crippen LogP contribution is -2.24. The van der Waals surface area contributed by atoms with Crippen LogP contribution in [0.15, 0.2) is 42.3 Å². The number of benzene rings is 2. The molecule has 0 atom stereocenters. The van der Waals surface area contributed by atoms with Gasteiger partial charge in [0.15, 0.2) is 17.2 Å². The summed E-state index contributed by atoms with van der Waals surface area (Å²) in [7, 11) is 1.64. The molecule has 5 nitrogen and oxygen atoms in total. The minimum atomic E-state index is -0.179. The van der Waals surface area contributed by atoms with Crippen LogP contribution in [0.3, 0.4) is 0 Å². The molecule has 3 rings (SSSR count). The van der Waals surface area contributed by atoms with Crippen LogP contribution in [-0.4, -0.2) is 30.5 Å². The maximum absolute atomic E-state index is 9.62. The zero-order chi connectivity index (χ0) is 16.4. The second kappa shape index (κ2) is 6.40. The van der Waals surface area contributed by atoms with E-state index in [4.69, 9.17) is 21.1 Å². The Bertz CT molecular complexity index is 760. The second-order valence-electron chi connectivity index (χ2n) is 5.09. The summed E-state index contributed by atoms with van der Waals surface area (Å²) in [4.78, 5) is 1.97. The van der Waals surface area contributed by atoms with Crippen molar-refractivity contribution in [2.24, 2.45) is 0 Å². The van der Waals surface area contributed by atoms with Gasteiger partial charge in [-0.15, -0.1) is 0 Å². The third-order valence-corrected chi connectivity index (χ3v) is 3.74. The number of phenols is 2. The Balaban J connectivity index is 1.96. The van der Waals surface area contributed by atoms with Crippen LogP contribution < -0.4 is 9.64 Å². The molecule has 2 N–H and O–H groups in total. The fraction of sp³-hybridized carbons (Fsp3) is 0.176. The van der Waals surface area contributed by atoms with Crippen molar-refractivity contribution in [3.05, 3.63) is 52.9 Å². The zero-order valence-corrected chi connectivity index (χ0v) is 13.2. The third-order valence-electron chi connectivity index (χ3n) is 3.50. The number of aromatic hydroxyl groups is 2. The number of ether oxygens (including phenoxy) is 2.